The van der Waals surface area contributed by atoms with E-state index in [0.29, 0.717) is 0 Å². The van der Waals surface area contributed by atoms with Crippen molar-refractivity contribution in [3.05, 3.63) is 35.9 Å². The molecule has 2 aliphatic rings. The third kappa shape index (κ3) is 1.04. The first-order valence-corrected chi connectivity index (χ1v) is 5.24. The standard InChI is InChI=1S/C12H14O2/c13-10-7-4-8-12(11(10)14-12)9-5-2-1-3-6-9/h1-3,5-6,10-11,13H,4,7-8H2/t10?,11-,12-/m0/s1. The van der Waals surface area contributed by atoms with Gasteiger partial charge < -0.3 is 9.84 Å². The summed E-state index contributed by atoms with van der Waals surface area (Å²) in [5, 5.41) is 9.72. The summed E-state index contributed by atoms with van der Waals surface area (Å²) in [5.41, 5.74) is 1.09. The number of fused-ring (bicyclic) bond motifs is 1. The first-order chi connectivity index (χ1) is 6.83. The third-order valence-electron chi connectivity index (χ3n) is 3.40. The molecule has 0 amide bonds. The van der Waals surface area contributed by atoms with Crippen LogP contribution in [0.25, 0.3) is 0 Å². The van der Waals surface area contributed by atoms with E-state index in [9.17, 15) is 5.11 Å². The number of hydrogen-bond donors (Lipinski definition) is 1. The van der Waals surface area contributed by atoms with Gasteiger partial charge in [-0.3, -0.25) is 0 Å². The van der Waals surface area contributed by atoms with Gasteiger partial charge in [0.2, 0.25) is 0 Å². The van der Waals surface area contributed by atoms with Crippen LogP contribution < -0.4 is 0 Å². The molecule has 14 heavy (non-hydrogen) atoms. The summed E-state index contributed by atoms with van der Waals surface area (Å²) in [6.45, 7) is 0. The van der Waals surface area contributed by atoms with E-state index >= 15 is 0 Å². The fourth-order valence-corrected chi connectivity index (χ4v) is 2.61. The van der Waals surface area contributed by atoms with Crippen molar-refractivity contribution < 1.29 is 9.84 Å². The average Bonchev–Trinajstić information content (AvgIpc) is 2.97. The van der Waals surface area contributed by atoms with Crippen molar-refractivity contribution in [2.45, 2.75) is 37.1 Å². The molecule has 1 saturated heterocycles. The zero-order chi connectivity index (χ0) is 9.60. The highest BCUT2D eigenvalue weighted by molar-refractivity contribution is 5.31. The van der Waals surface area contributed by atoms with Gasteiger partial charge in [-0.1, -0.05) is 30.3 Å². The van der Waals surface area contributed by atoms with Crippen molar-refractivity contribution in [3.8, 4) is 0 Å². The summed E-state index contributed by atoms with van der Waals surface area (Å²) in [4.78, 5) is 0. The van der Waals surface area contributed by atoms with Crippen molar-refractivity contribution in [3.63, 3.8) is 0 Å². The van der Waals surface area contributed by atoms with Gasteiger partial charge in [-0.05, 0) is 24.8 Å². The molecule has 1 aromatic carbocycles. The van der Waals surface area contributed by atoms with E-state index in [1.807, 2.05) is 18.2 Å². The van der Waals surface area contributed by atoms with Crippen LogP contribution in [0, 0.1) is 0 Å². The monoisotopic (exact) mass is 190 g/mol. The molecule has 74 valence electrons. The number of hydrogen-bond acceptors (Lipinski definition) is 2. The lowest BCUT2D eigenvalue weighted by molar-refractivity contribution is 0.122. The Bertz CT molecular complexity index is 335. The van der Waals surface area contributed by atoms with Gasteiger partial charge in [-0.15, -0.1) is 0 Å². The van der Waals surface area contributed by atoms with E-state index in [1.54, 1.807) is 0 Å². The second-order valence-corrected chi connectivity index (χ2v) is 4.25. The highest BCUT2D eigenvalue weighted by Crippen LogP contribution is 2.55. The van der Waals surface area contributed by atoms with Crippen LogP contribution in [-0.2, 0) is 10.3 Å². The van der Waals surface area contributed by atoms with Gasteiger partial charge in [0.25, 0.3) is 0 Å². The second kappa shape index (κ2) is 2.81. The summed E-state index contributed by atoms with van der Waals surface area (Å²) in [7, 11) is 0. The van der Waals surface area contributed by atoms with Crippen LogP contribution in [0.4, 0.5) is 0 Å². The predicted molar refractivity (Wildman–Crippen MR) is 52.9 cm³/mol. The molecule has 1 saturated carbocycles. The quantitative estimate of drug-likeness (QED) is 0.685. The summed E-state index contributed by atoms with van der Waals surface area (Å²) in [6, 6.07) is 10.3. The Morgan fingerprint density at radius 3 is 2.86 bits per heavy atom. The molecule has 1 aliphatic heterocycles. The van der Waals surface area contributed by atoms with E-state index < -0.39 is 0 Å². The minimum atomic E-state index is -0.260. The van der Waals surface area contributed by atoms with Crippen molar-refractivity contribution in [2.24, 2.45) is 0 Å². The predicted octanol–water partition coefficient (Wildman–Crippen LogP) is 1.83. The first-order valence-electron chi connectivity index (χ1n) is 5.24. The van der Waals surface area contributed by atoms with E-state index in [1.165, 1.54) is 5.56 Å². The third-order valence-corrected chi connectivity index (χ3v) is 3.40. The molecule has 0 aromatic heterocycles. The first kappa shape index (κ1) is 8.45. The van der Waals surface area contributed by atoms with Gasteiger partial charge in [0.1, 0.15) is 11.7 Å². The van der Waals surface area contributed by atoms with Gasteiger partial charge in [-0.2, -0.15) is 0 Å². The number of benzene rings is 1. The van der Waals surface area contributed by atoms with Gasteiger partial charge in [0, 0.05) is 0 Å². The smallest absolute Gasteiger partial charge is 0.122 e. The summed E-state index contributed by atoms with van der Waals surface area (Å²) in [5.74, 6) is 0. The maximum absolute atomic E-state index is 9.72. The van der Waals surface area contributed by atoms with Crippen LogP contribution in [0.15, 0.2) is 30.3 Å². The highest BCUT2D eigenvalue weighted by Gasteiger charge is 2.62. The molecule has 3 atom stereocenters. The second-order valence-electron chi connectivity index (χ2n) is 4.25. The van der Waals surface area contributed by atoms with E-state index in [-0.39, 0.29) is 17.8 Å². The fourth-order valence-electron chi connectivity index (χ4n) is 2.61. The molecule has 3 rings (SSSR count). The Morgan fingerprint density at radius 2 is 2.07 bits per heavy atom. The Hall–Kier alpha value is -0.860. The number of ether oxygens (including phenoxy) is 1. The minimum Gasteiger partial charge on any atom is -0.390 e. The Morgan fingerprint density at radius 1 is 1.29 bits per heavy atom. The number of rotatable bonds is 1. The largest absolute Gasteiger partial charge is 0.390 e. The summed E-state index contributed by atoms with van der Waals surface area (Å²) >= 11 is 0. The van der Waals surface area contributed by atoms with Gasteiger partial charge in [-0.25, -0.2) is 0 Å². The summed E-state index contributed by atoms with van der Waals surface area (Å²) in [6.07, 6.45) is 2.80. The molecule has 0 radical (unpaired) electrons. The Balaban J connectivity index is 1.93. The molecular formula is C12H14O2. The normalized spacial score (nSPS) is 40.4. The average molecular weight is 190 g/mol. The molecule has 2 heteroatoms. The van der Waals surface area contributed by atoms with Crippen LogP contribution in [0.2, 0.25) is 0 Å². The Labute approximate surface area is 83.5 Å². The van der Waals surface area contributed by atoms with Gasteiger partial charge in [0.05, 0.1) is 6.10 Å². The van der Waals surface area contributed by atoms with Gasteiger partial charge in [0.15, 0.2) is 0 Å². The lowest BCUT2D eigenvalue weighted by atomic mass is 9.82. The van der Waals surface area contributed by atoms with Crippen LogP contribution in [0.5, 0.6) is 0 Å². The molecule has 2 nitrogen and oxygen atoms in total. The molecule has 1 aliphatic carbocycles. The van der Waals surface area contributed by atoms with Gasteiger partial charge >= 0.3 is 0 Å². The fraction of sp³-hybridized carbons (Fsp3) is 0.500. The molecule has 0 bridgehead atoms. The lowest BCUT2D eigenvalue weighted by Crippen LogP contribution is -2.28. The maximum Gasteiger partial charge on any atom is 0.122 e. The topological polar surface area (TPSA) is 32.8 Å². The van der Waals surface area contributed by atoms with Crippen molar-refractivity contribution in [1.29, 1.82) is 0 Å². The zero-order valence-electron chi connectivity index (χ0n) is 8.02. The van der Waals surface area contributed by atoms with Crippen LogP contribution >= 0.6 is 0 Å². The van der Waals surface area contributed by atoms with Crippen molar-refractivity contribution in [2.75, 3.05) is 0 Å². The Kier molecular flexibility index (Phi) is 1.70. The van der Waals surface area contributed by atoms with Crippen LogP contribution in [-0.4, -0.2) is 17.3 Å². The molecule has 0 spiro atoms. The zero-order valence-corrected chi connectivity index (χ0v) is 8.02. The molecular weight excluding hydrogens is 176 g/mol. The van der Waals surface area contributed by atoms with E-state index in [0.717, 1.165) is 19.3 Å². The number of aliphatic hydroxyl groups is 1. The number of epoxide rings is 1. The lowest BCUT2D eigenvalue weighted by Gasteiger charge is -2.20. The molecule has 1 unspecified atom stereocenters. The summed E-state index contributed by atoms with van der Waals surface area (Å²) < 4.78 is 5.71. The highest BCUT2D eigenvalue weighted by atomic mass is 16.6. The maximum atomic E-state index is 9.72. The molecule has 2 fully saturated rings. The molecule has 1 N–H and O–H groups in total. The molecule has 1 heterocycles. The van der Waals surface area contributed by atoms with Crippen molar-refractivity contribution in [1.82, 2.24) is 0 Å². The molecule has 1 aromatic rings. The SMILES string of the molecule is OC1CCC[C@@]2(c3ccccc3)O[C@@H]12. The number of aliphatic hydroxyl groups excluding tert-OH is 1. The van der Waals surface area contributed by atoms with Crippen LogP contribution in [0.1, 0.15) is 24.8 Å². The van der Waals surface area contributed by atoms with E-state index in [4.69, 9.17) is 4.74 Å². The van der Waals surface area contributed by atoms with Crippen LogP contribution in [0.3, 0.4) is 0 Å². The van der Waals surface area contributed by atoms with E-state index in [2.05, 4.69) is 12.1 Å². The van der Waals surface area contributed by atoms with Crippen molar-refractivity contribution >= 4 is 0 Å². The minimum absolute atomic E-state index is 0.0543.